The largest absolute Gasteiger partial charge is 0.0843 e. The van der Waals surface area contributed by atoms with Gasteiger partial charge in [0.2, 0.25) is 0 Å². The molecule has 0 aliphatic carbocycles. The second kappa shape index (κ2) is 5.46. The first-order valence-electron chi connectivity index (χ1n) is 6.53. The standard InChI is InChI=1S/C18H15Cl/c19-18-11-8-14(9-12-18)5-6-15-7-10-16-3-1-2-4-17(16)13-15/h1-4,7-13H,5-6H2. The third kappa shape index (κ3) is 2.97. The van der Waals surface area contributed by atoms with E-state index in [1.807, 2.05) is 12.1 Å². The molecule has 0 unspecified atom stereocenters. The predicted octanol–water partition coefficient (Wildman–Crippen LogP) is 5.28. The van der Waals surface area contributed by atoms with E-state index in [9.17, 15) is 0 Å². The Kier molecular flexibility index (Phi) is 3.52. The SMILES string of the molecule is Clc1ccc(CCc2ccc3ccccc3c2)cc1. The molecule has 0 bridgehead atoms. The number of hydrogen-bond donors (Lipinski definition) is 0. The third-order valence-corrected chi connectivity index (χ3v) is 3.68. The molecule has 0 N–H and O–H groups in total. The van der Waals surface area contributed by atoms with Gasteiger partial charge in [-0.05, 0) is 46.9 Å². The number of aryl methyl sites for hydroxylation is 2. The summed E-state index contributed by atoms with van der Waals surface area (Å²) in [6.45, 7) is 0. The maximum atomic E-state index is 5.89. The smallest absolute Gasteiger partial charge is 0.0406 e. The van der Waals surface area contributed by atoms with E-state index in [2.05, 4.69) is 54.6 Å². The van der Waals surface area contributed by atoms with Gasteiger partial charge >= 0.3 is 0 Å². The first-order valence-corrected chi connectivity index (χ1v) is 6.91. The molecular formula is C18H15Cl. The normalized spacial score (nSPS) is 10.8. The van der Waals surface area contributed by atoms with Gasteiger partial charge < -0.3 is 0 Å². The van der Waals surface area contributed by atoms with Crippen molar-refractivity contribution in [2.24, 2.45) is 0 Å². The minimum Gasteiger partial charge on any atom is -0.0843 e. The Morgan fingerprint density at radius 2 is 1.26 bits per heavy atom. The minimum atomic E-state index is 0.800. The fourth-order valence-corrected chi connectivity index (χ4v) is 2.46. The number of benzene rings is 3. The molecule has 0 aliphatic rings. The number of fused-ring (bicyclic) bond motifs is 1. The van der Waals surface area contributed by atoms with Crippen LogP contribution in [0.3, 0.4) is 0 Å². The number of rotatable bonds is 3. The van der Waals surface area contributed by atoms with Crippen molar-refractivity contribution < 1.29 is 0 Å². The highest BCUT2D eigenvalue weighted by molar-refractivity contribution is 6.30. The molecule has 0 radical (unpaired) electrons. The zero-order valence-corrected chi connectivity index (χ0v) is 11.4. The Bertz CT molecular complexity index is 683. The van der Waals surface area contributed by atoms with Crippen molar-refractivity contribution in [1.82, 2.24) is 0 Å². The summed E-state index contributed by atoms with van der Waals surface area (Å²) in [6.07, 6.45) is 2.11. The molecule has 3 aromatic carbocycles. The monoisotopic (exact) mass is 266 g/mol. The lowest BCUT2D eigenvalue weighted by atomic mass is 10.0. The van der Waals surface area contributed by atoms with Gasteiger partial charge in [0.05, 0.1) is 0 Å². The molecule has 1 heteroatoms. The maximum absolute atomic E-state index is 5.89. The number of halogens is 1. The molecule has 0 amide bonds. The molecule has 0 saturated carbocycles. The lowest BCUT2D eigenvalue weighted by molar-refractivity contribution is 0.962. The van der Waals surface area contributed by atoms with Gasteiger partial charge in [0.15, 0.2) is 0 Å². The summed E-state index contributed by atoms with van der Waals surface area (Å²) in [5.41, 5.74) is 2.71. The molecule has 0 saturated heterocycles. The van der Waals surface area contributed by atoms with E-state index in [4.69, 9.17) is 11.6 Å². The van der Waals surface area contributed by atoms with Crippen molar-refractivity contribution in [1.29, 1.82) is 0 Å². The fraction of sp³-hybridized carbons (Fsp3) is 0.111. The minimum absolute atomic E-state index is 0.800. The quantitative estimate of drug-likeness (QED) is 0.605. The lowest BCUT2D eigenvalue weighted by Gasteiger charge is -2.04. The zero-order valence-electron chi connectivity index (χ0n) is 10.6. The highest BCUT2D eigenvalue weighted by Crippen LogP contribution is 2.17. The van der Waals surface area contributed by atoms with Crippen LogP contribution < -0.4 is 0 Å². The zero-order chi connectivity index (χ0) is 13.1. The second-order valence-corrected chi connectivity index (χ2v) is 5.24. The molecular weight excluding hydrogens is 252 g/mol. The molecule has 19 heavy (non-hydrogen) atoms. The van der Waals surface area contributed by atoms with Crippen molar-refractivity contribution in [3.63, 3.8) is 0 Å². The molecule has 3 rings (SSSR count). The predicted molar refractivity (Wildman–Crippen MR) is 82.8 cm³/mol. The van der Waals surface area contributed by atoms with E-state index in [1.165, 1.54) is 21.9 Å². The summed E-state index contributed by atoms with van der Waals surface area (Å²) in [5, 5.41) is 3.42. The van der Waals surface area contributed by atoms with E-state index < -0.39 is 0 Å². The van der Waals surface area contributed by atoms with Crippen LogP contribution in [0, 0.1) is 0 Å². The molecule has 0 spiro atoms. The Hall–Kier alpha value is -1.79. The average molecular weight is 267 g/mol. The molecule has 3 aromatic rings. The van der Waals surface area contributed by atoms with Gasteiger partial charge in [-0.15, -0.1) is 0 Å². The molecule has 94 valence electrons. The summed E-state index contributed by atoms with van der Waals surface area (Å²) < 4.78 is 0. The summed E-state index contributed by atoms with van der Waals surface area (Å²) in [4.78, 5) is 0. The van der Waals surface area contributed by atoms with Gasteiger partial charge in [-0.2, -0.15) is 0 Å². The summed E-state index contributed by atoms with van der Waals surface area (Å²) in [6, 6.07) is 23.3. The first-order chi connectivity index (χ1) is 9.31. The molecule has 0 heterocycles. The topological polar surface area (TPSA) is 0 Å². The van der Waals surface area contributed by atoms with Gasteiger partial charge in [-0.1, -0.05) is 66.2 Å². The summed E-state index contributed by atoms with van der Waals surface area (Å²) >= 11 is 5.89. The lowest BCUT2D eigenvalue weighted by Crippen LogP contribution is -1.91. The van der Waals surface area contributed by atoms with Crippen LogP contribution in [-0.4, -0.2) is 0 Å². The Labute approximate surface area is 118 Å². The molecule has 0 nitrogen and oxygen atoms in total. The van der Waals surface area contributed by atoms with E-state index >= 15 is 0 Å². The van der Waals surface area contributed by atoms with E-state index in [1.54, 1.807) is 0 Å². The van der Waals surface area contributed by atoms with Gasteiger partial charge in [-0.25, -0.2) is 0 Å². The average Bonchev–Trinajstić information content (AvgIpc) is 2.46. The summed E-state index contributed by atoms with van der Waals surface area (Å²) in [7, 11) is 0. The summed E-state index contributed by atoms with van der Waals surface area (Å²) in [5.74, 6) is 0. The van der Waals surface area contributed by atoms with Crippen LogP contribution >= 0.6 is 11.6 Å². The molecule has 0 fully saturated rings. The van der Waals surface area contributed by atoms with Gasteiger partial charge in [0.25, 0.3) is 0 Å². The van der Waals surface area contributed by atoms with Gasteiger partial charge in [0.1, 0.15) is 0 Å². The van der Waals surface area contributed by atoms with E-state index in [-0.39, 0.29) is 0 Å². The molecule has 0 aliphatic heterocycles. The number of hydrogen-bond acceptors (Lipinski definition) is 0. The van der Waals surface area contributed by atoms with Crippen LogP contribution in [0.1, 0.15) is 11.1 Å². The van der Waals surface area contributed by atoms with Crippen molar-refractivity contribution in [2.75, 3.05) is 0 Å². The Morgan fingerprint density at radius 1 is 0.632 bits per heavy atom. The molecule has 0 aromatic heterocycles. The Balaban J connectivity index is 1.76. The van der Waals surface area contributed by atoms with Crippen LogP contribution in [0.5, 0.6) is 0 Å². The van der Waals surface area contributed by atoms with Crippen LogP contribution in [0.15, 0.2) is 66.7 Å². The highest BCUT2D eigenvalue weighted by Gasteiger charge is 1.98. The highest BCUT2D eigenvalue weighted by atomic mass is 35.5. The van der Waals surface area contributed by atoms with Crippen LogP contribution in [0.4, 0.5) is 0 Å². The van der Waals surface area contributed by atoms with E-state index in [0.717, 1.165) is 17.9 Å². The van der Waals surface area contributed by atoms with Gasteiger partial charge in [0, 0.05) is 5.02 Å². The maximum Gasteiger partial charge on any atom is 0.0406 e. The first kappa shape index (κ1) is 12.3. The van der Waals surface area contributed by atoms with Crippen molar-refractivity contribution >= 4 is 22.4 Å². The van der Waals surface area contributed by atoms with Crippen molar-refractivity contribution in [2.45, 2.75) is 12.8 Å². The Morgan fingerprint density at radius 3 is 2.05 bits per heavy atom. The van der Waals surface area contributed by atoms with Crippen LogP contribution in [-0.2, 0) is 12.8 Å². The third-order valence-electron chi connectivity index (χ3n) is 3.43. The van der Waals surface area contributed by atoms with Crippen molar-refractivity contribution in [3.8, 4) is 0 Å². The van der Waals surface area contributed by atoms with Gasteiger partial charge in [-0.3, -0.25) is 0 Å². The van der Waals surface area contributed by atoms with Crippen LogP contribution in [0.2, 0.25) is 5.02 Å². The fourth-order valence-electron chi connectivity index (χ4n) is 2.33. The van der Waals surface area contributed by atoms with Crippen molar-refractivity contribution in [3.05, 3.63) is 82.9 Å². The second-order valence-electron chi connectivity index (χ2n) is 4.81. The van der Waals surface area contributed by atoms with E-state index in [0.29, 0.717) is 0 Å². The molecule has 0 atom stereocenters. The van der Waals surface area contributed by atoms with Crippen LogP contribution in [0.25, 0.3) is 10.8 Å².